The molecule has 1 aromatic rings. The SMILES string of the molecule is CCOc1cc(C2C(C(=O)OCCOC)=C(C)NC3=C2C(=O)C(C(=O)OC)C(C)C3)ccc1O. The number of esters is 2. The number of rotatable bonds is 8. The van der Waals surface area contributed by atoms with Crippen molar-refractivity contribution in [2.45, 2.75) is 33.1 Å². The van der Waals surface area contributed by atoms with Gasteiger partial charge in [-0.3, -0.25) is 9.59 Å². The maximum atomic E-state index is 13.7. The molecule has 1 aliphatic carbocycles. The number of methoxy groups -OCH3 is 2. The summed E-state index contributed by atoms with van der Waals surface area (Å²) >= 11 is 0. The lowest BCUT2D eigenvalue weighted by atomic mass is 9.69. The van der Waals surface area contributed by atoms with Crippen LogP contribution in [0.5, 0.6) is 11.5 Å². The lowest BCUT2D eigenvalue weighted by Gasteiger charge is -2.38. The first-order chi connectivity index (χ1) is 16.2. The molecule has 0 spiro atoms. The Bertz CT molecular complexity index is 1040. The number of carbonyl (C=O) groups is 3. The van der Waals surface area contributed by atoms with Gasteiger partial charge in [0.15, 0.2) is 17.3 Å². The molecule has 2 aliphatic rings. The molecule has 1 aromatic carbocycles. The number of allylic oxidation sites excluding steroid dienone is 3. The lowest BCUT2D eigenvalue weighted by Crippen LogP contribution is -2.43. The van der Waals surface area contributed by atoms with E-state index in [-0.39, 0.29) is 36.2 Å². The van der Waals surface area contributed by atoms with Crippen molar-refractivity contribution in [1.29, 1.82) is 0 Å². The van der Waals surface area contributed by atoms with Crippen LogP contribution in [0, 0.1) is 11.8 Å². The van der Waals surface area contributed by atoms with Gasteiger partial charge in [0.1, 0.15) is 12.5 Å². The van der Waals surface area contributed by atoms with Crippen LogP contribution in [-0.4, -0.2) is 56.9 Å². The predicted molar refractivity (Wildman–Crippen MR) is 122 cm³/mol. The topological polar surface area (TPSA) is 120 Å². The quantitative estimate of drug-likeness (QED) is 0.333. The Morgan fingerprint density at radius 2 is 1.94 bits per heavy atom. The summed E-state index contributed by atoms with van der Waals surface area (Å²) in [7, 11) is 2.75. The summed E-state index contributed by atoms with van der Waals surface area (Å²) in [6.07, 6.45) is 0.428. The molecule has 0 amide bonds. The van der Waals surface area contributed by atoms with Gasteiger partial charge in [-0.15, -0.1) is 0 Å². The van der Waals surface area contributed by atoms with E-state index in [1.165, 1.54) is 20.3 Å². The summed E-state index contributed by atoms with van der Waals surface area (Å²) in [4.78, 5) is 39.4. The number of benzene rings is 1. The molecule has 0 saturated carbocycles. The van der Waals surface area contributed by atoms with Crippen molar-refractivity contribution < 1.29 is 38.4 Å². The number of carbonyl (C=O) groups excluding carboxylic acids is 3. The van der Waals surface area contributed by atoms with Crippen LogP contribution in [0.15, 0.2) is 40.7 Å². The third kappa shape index (κ3) is 4.79. The molecule has 0 fully saturated rings. The Morgan fingerprint density at radius 3 is 2.59 bits per heavy atom. The van der Waals surface area contributed by atoms with E-state index in [9.17, 15) is 19.5 Å². The summed E-state index contributed by atoms with van der Waals surface area (Å²) in [5.41, 5.74) is 2.31. The largest absolute Gasteiger partial charge is 0.504 e. The van der Waals surface area contributed by atoms with Crippen LogP contribution in [0.1, 0.15) is 38.7 Å². The van der Waals surface area contributed by atoms with E-state index in [4.69, 9.17) is 18.9 Å². The first-order valence-corrected chi connectivity index (χ1v) is 11.2. The molecule has 3 rings (SSSR count). The highest BCUT2D eigenvalue weighted by atomic mass is 16.6. The minimum Gasteiger partial charge on any atom is -0.504 e. The van der Waals surface area contributed by atoms with Gasteiger partial charge in [0.25, 0.3) is 0 Å². The Morgan fingerprint density at radius 1 is 1.21 bits per heavy atom. The molecule has 0 aromatic heterocycles. The van der Waals surface area contributed by atoms with E-state index in [0.29, 0.717) is 35.6 Å². The molecule has 9 nitrogen and oxygen atoms in total. The van der Waals surface area contributed by atoms with Gasteiger partial charge in [0.05, 0.1) is 25.9 Å². The number of phenolic OH excluding ortho intramolecular Hbond substituents is 1. The molecule has 0 bridgehead atoms. The van der Waals surface area contributed by atoms with E-state index < -0.39 is 29.6 Å². The van der Waals surface area contributed by atoms with E-state index >= 15 is 0 Å². The molecule has 3 unspecified atom stereocenters. The van der Waals surface area contributed by atoms with Gasteiger partial charge in [-0.2, -0.15) is 0 Å². The van der Waals surface area contributed by atoms with E-state index in [2.05, 4.69) is 5.32 Å². The Labute approximate surface area is 198 Å². The van der Waals surface area contributed by atoms with Crippen LogP contribution >= 0.6 is 0 Å². The smallest absolute Gasteiger partial charge is 0.336 e. The minimum atomic E-state index is -0.985. The fourth-order valence-corrected chi connectivity index (χ4v) is 4.56. The number of ketones is 1. The molecule has 0 saturated heterocycles. The zero-order valence-corrected chi connectivity index (χ0v) is 20.1. The molecule has 9 heteroatoms. The van der Waals surface area contributed by atoms with Gasteiger partial charge in [-0.05, 0) is 43.9 Å². The second-order valence-corrected chi connectivity index (χ2v) is 8.32. The molecular weight excluding hydrogens is 442 g/mol. The average Bonchev–Trinajstić information content (AvgIpc) is 2.79. The standard InChI is InChI=1S/C25H31NO8/c1-6-33-18-12-15(7-8-17(18)27)21-20(25(30)34-10-9-31-4)14(3)26-16-11-13(2)19(24(29)32-5)23(28)22(16)21/h7-8,12-13,19,21,26-27H,6,9-11H2,1-5H3. The summed E-state index contributed by atoms with van der Waals surface area (Å²) in [5, 5.41) is 13.4. The fourth-order valence-electron chi connectivity index (χ4n) is 4.56. The van der Waals surface area contributed by atoms with E-state index in [1.54, 1.807) is 26.0 Å². The summed E-state index contributed by atoms with van der Waals surface area (Å²) in [5.74, 6) is -3.54. The maximum Gasteiger partial charge on any atom is 0.336 e. The van der Waals surface area contributed by atoms with E-state index in [0.717, 1.165) is 0 Å². The van der Waals surface area contributed by atoms with Gasteiger partial charge >= 0.3 is 11.9 Å². The van der Waals surface area contributed by atoms with Crippen molar-refractivity contribution in [3.05, 3.63) is 46.3 Å². The number of Topliss-reactive ketones (excluding diaryl/α,β-unsaturated/α-hetero) is 1. The highest BCUT2D eigenvalue weighted by Crippen LogP contribution is 2.46. The number of phenols is 1. The third-order valence-corrected chi connectivity index (χ3v) is 6.10. The van der Waals surface area contributed by atoms with Crippen LogP contribution in [0.2, 0.25) is 0 Å². The first-order valence-electron chi connectivity index (χ1n) is 11.2. The first kappa shape index (κ1) is 25.3. The highest BCUT2D eigenvalue weighted by molar-refractivity contribution is 6.12. The Hall–Kier alpha value is -3.33. The summed E-state index contributed by atoms with van der Waals surface area (Å²) in [6.45, 7) is 5.93. The molecule has 1 heterocycles. The molecule has 1 aliphatic heterocycles. The monoisotopic (exact) mass is 473 g/mol. The van der Waals surface area contributed by atoms with Gasteiger partial charge < -0.3 is 29.4 Å². The number of ether oxygens (including phenoxy) is 4. The van der Waals surface area contributed by atoms with Crippen molar-refractivity contribution in [2.24, 2.45) is 11.8 Å². The average molecular weight is 474 g/mol. The predicted octanol–water partition coefficient (Wildman–Crippen LogP) is 2.59. The van der Waals surface area contributed by atoms with E-state index in [1.807, 2.05) is 6.92 Å². The fraction of sp³-hybridized carbons (Fsp3) is 0.480. The van der Waals surface area contributed by atoms with Crippen LogP contribution in [0.25, 0.3) is 0 Å². The Kier molecular flexibility index (Phi) is 7.98. The molecule has 3 atom stereocenters. The van der Waals surface area contributed by atoms with Crippen LogP contribution in [-0.2, 0) is 28.6 Å². The van der Waals surface area contributed by atoms with Crippen LogP contribution < -0.4 is 10.1 Å². The number of hydrogen-bond donors (Lipinski definition) is 2. The number of aromatic hydroxyl groups is 1. The Balaban J connectivity index is 2.16. The zero-order valence-electron chi connectivity index (χ0n) is 20.1. The lowest BCUT2D eigenvalue weighted by molar-refractivity contribution is -0.151. The molecule has 34 heavy (non-hydrogen) atoms. The van der Waals surface area contributed by atoms with Crippen molar-refractivity contribution in [3.8, 4) is 11.5 Å². The van der Waals surface area contributed by atoms with Crippen molar-refractivity contribution >= 4 is 17.7 Å². The normalized spacial score (nSPS) is 22.1. The van der Waals surface area contributed by atoms with Gasteiger partial charge in [-0.25, -0.2) is 4.79 Å². The number of nitrogens with one attached hydrogen (secondary N) is 1. The highest BCUT2D eigenvalue weighted by Gasteiger charge is 2.47. The van der Waals surface area contributed by atoms with Crippen molar-refractivity contribution in [1.82, 2.24) is 5.32 Å². The second kappa shape index (κ2) is 10.7. The molecule has 0 radical (unpaired) electrons. The second-order valence-electron chi connectivity index (χ2n) is 8.32. The maximum absolute atomic E-state index is 13.7. The summed E-state index contributed by atoms with van der Waals surface area (Å²) < 4.78 is 20.8. The van der Waals surface area contributed by atoms with Gasteiger partial charge in [0, 0.05) is 30.0 Å². The summed E-state index contributed by atoms with van der Waals surface area (Å²) in [6, 6.07) is 4.69. The van der Waals surface area contributed by atoms with Gasteiger partial charge in [0.2, 0.25) is 0 Å². The van der Waals surface area contributed by atoms with Crippen LogP contribution in [0.4, 0.5) is 0 Å². The van der Waals surface area contributed by atoms with Gasteiger partial charge in [-0.1, -0.05) is 13.0 Å². The van der Waals surface area contributed by atoms with Crippen molar-refractivity contribution in [3.63, 3.8) is 0 Å². The molecule has 2 N–H and O–H groups in total. The van der Waals surface area contributed by atoms with Crippen molar-refractivity contribution in [2.75, 3.05) is 34.0 Å². The minimum absolute atomic E-state index is 0.0419. The third-order valence-electron chi connectivity index (χ3n) is 6.10. The number of hydrogen-bond acceptors (Lipinski definition) is 9. The molecular formula is C25H31NO8. The number of dihydropyridines is 1. The zero-order chi connectivity index (χ0) is 25.0. The molecule has 184 valence electrons. The van der Waals surface area contributed by atoms with Crippen LogP contribution in [0.3, 0.4) is 0 Å².